The van der Waals surface area contributed by atoms with Crippen LogP contribution in [0.4, 0.5) is 0 Å². The van der Waals surface area contributed by atoms with Crippen molar-refractivity contribution in [1.82, 2.24) is 14.5 Å². The fourth-order valence-electron chi connectivity index (χ4n) is 2.23. The molecule has 18 heavy (non-hydrogen) atoms. The van der Waals surface area contributed by atoms with Crippen molar-refractivity contribution in [1.29, 1.82) is 0 Å². The van der Waals surface area contributed by atoms with Gasteiger partial charge in [-0.25, -0.2) is 9.78 Å². The fraction of sp³-hybridized carbons (Fsp3) is 0.308. The van der Waals surface area contributed by atoms with Gasteiger partial charge in [-0.1, -0.05) is 13.8 Å². The van der Waals surface area contributed by atoms with E-state index in [1.54, 1.807) is 6.33 Å². The van der Waals surface area contributed by atoms with Crippen LogP contribution < -0.4 is 5.76 Å². The normalized spacial score (nSPS) is 11.8. The Balaban J connectivity index is 2.59. The minimum Gasteiger partial charge on any atom is -0.406 e. The van der Waals surface area contributed by atoms with E-state index in [-0.39, 0.29) is 5.92 Å². The summed E-state index contributed by atoms with van der Waals surface area (Å²) >= 11 is 0. The first-order valence-corrected chi connectivity index (χ1v) is 5.82. The molecule has 0 atom stereocenters. The van der Waals surface area contributed by atoms with Crippen LogP contribution in [0.5, 0.6) is 0 Å². The SMILES string of the molecule is CC(C)c1nc(=O)oc2c1ccc1ncn(C)c12. The highest BCUT2D eigenvalue weighted by Crippen LogP contribution is 2.27. The predicted octanol–water partition coefficient (Wildman–Crippen LogP) is 2.20. The van der Waals surface area contributed by atoms with E-state index >= 15 is 0 Å². The lowest BCUT2D eigenvalue weighted by atomic mass is 10.0. The summed E-state index contributed by atoms with van der Waals surface area (Å²) in [5.74, 6) is -0.387. The molecule has 0 unspecified atom stereocenters. The predicted molar refractivity (Wildman–Crippen MR) is 68.6 cm³/mol. The van der Waals surface area contributed by atoms with E-state index in [1.165, 1.54) is 0 Å². The lowest BCUT2D eigenvalue weighted by molar-refractivity contribution is 0.524. The number of benzene rings is 1. The largest absolute Gasteiger partial charge is 0.439 e. The molecule has 1 aromatic carbocycles. The van der Waals surface area contributed by atoms with Crippen molar-refractivity contribution >= 4 is 22.0 Å². The number of fused-ring (bicyclic) bond motifs is 3. The highest BCUT2D eigenvalue weighted by Gasteiger charge is 2.14. The van der Waals surface area contributed by atoms with E-state index in [9.17, 15) is 4.79 Å². The Bertz CT molecular complexity index is 799. The number of imidazole rings is 1. The molecule has 0 aliphatic rings. The molecule has 0 saturated heterocycles. The Kier molecular flexibility index (Phi) is 2.23. The van der Waals surface area contributed by atoms with E-state index in [0.29, 0.717) is 5.58 Å². The Labute approximate surface area is 103 Å². The van der Waals surface area contributed by atoms with Gasteiger partial charge >= 0.3 is 5.76 Å². The molecular weight excluding hydrogens is 230 g/mol. The van der Waals surface area contributed by atoms with Gasteiger partial charge in [0, 0.05) is 12.4 Å². The molecule has 2 heterocycles. The first-order valence-electron chi connectivity index (χ1n) is 5.82. The summed E-state index contributed by atoms with van der Waals surface area (Å²) in [6.07, 6.45) is 1.71. The smallest absolute Gasteiger partial charge is 0.406 e. The zero-order chi connectivity index (χ0) is 12.9. The maximum atomic E-state index is 11.6. The third kappa shape index (κ3) is 1.44. The summed E-state index contributed by atoms with van der Waals surface area (Å²) in [5.41, 5.74) is 2.98. The van der Waals surface area contributed by atoms with Crippen LogP contribution in [0.1, 0.15) is 25.5 Å². The minimum atomic E-state index is -0.556. The molecule has 0 saturated carbocycles. The average Bonchev–Trinajstić information content (AvgIpc) is 2.70. The summed E-state index contributed by atoms with van der Waals surface area (Å²) < 4.78 is 7.13. The minimum absolute atomic E-state index is 0.169. The molecule has 5 nitrogen and oxygen atoms in total. The summed E-state index contributed by atoms with van der Waals surface area (Å²) in [4.78, 5) is 19.8. The van der Waals surface area contributed by atoms with Crippen molar-refractivity contribution in [3.63, 3.8) is 0 Å². The summed E-state index contributed by atoms with van der Waals surface area (Å²) in [6, 6.07) is 3.83. The molecule has 0 amide bonds. The highest BCUT2D eigenvalue weighted by atomic mass is 16.4. The molecule has 5 heteroatoms. The van der Waals surface area contributed by atoms with Crippen LogP contribution in [-0.4, -0.2) is 14.5 Å². The van der Waals surface area contributed by atoms with Crippen LogP contribution >= 0.6 is 0 Å². The zero-order valence-corrected chi connectivity index (χ0v) is 10.5. The van der Waals surface area contributed by atoms with Crippen molar-refractivity contribution in [3.05, 3.63) is 34.7 Å². The molecule has 0 spiro atoms. The van der Waals surface area contributed by atoms with Gasteiger partial charge in [0.2, 0.25) is 0 Å². The van der Waals surface area contributed by atoms with Gasteiger partial charge in [-0.05, 0) is 18.1 Å². The van der Waals surface area contributed by atoms with Gasteiger partial charge in [-0.15, -0.1) is 0 Å². The Morgan fingerprint density at radius 1 is 1.33 bits per heavy atom. The third-order valence-corrected chi connectivity index (χ3v) is 3.06. The van der Waals surface area contributed by atoms with Crippen molar-refractivity contribution in [2.75, 3.05) is 0 Å². The Morgan fingerprint density at radius 3 is 2.83 bits per heavy atom. The Morgan fingerprint density at radius 2 is 2.11 bits per heavy atom. The first kappa shape index (κ1) is 11.0. The molecule has 0 aliphatic heterocycles. The number of aromatic nitrogens is 3. The number of hydrogen-bond donors (Lipinski definition) is 0. The number of nitrogens with zero attached hydrogens (tertiary/aromatic N) is 3. The maximum absolute atomic E-state index is 11.6. The van der Waals surface area contributed by atoms with E-state index in [4.69, 9.17) is 4.42 Å². The second-order valence-corrected chi connectivity index (χ2v) is 4.69. The third-order valence-electron chi connectivity index (χ3n) is 3.06. The van der Waals surface area contributed by atoms with E-state index < -0.39 is 5.76 Å². The summed E-state index contributed by atoms with van der Waals surface area (Å²) in [5, 5.41) is 0.876. The lowest BCUT2D eigenvalue weighted by Crippen LogP contribution is -2.09. The lowest BCUT2D eigenvalue weighted by Gasteiger charge is -2.07. The van der Waals surface area contributed by atoms with E-state index in [2.05, 4.69) is 9.97 Å². The van der Waals surface area contributed by atoms with Gasteiger partial charge < -0.3 is 8.98 Å². The fourth-order valence-corrected chi connectivity index (χ4v) is 2.23. The molecule has 92 valence electrons. The molecule has 2 aromatic heterocycles. The molecular formula is C13H13N3O2. The quantitative estimate of drug-likeness (QED) is 0.657. The number of aryl methyl sites for hydroxylation is 1. The van der Waals surface area contributed by atoms with Crippen LogP contribution in [0.2, 0.25) is 0 Å². The van der Waals surface area contributed by atoms with Crippen molar-refractivity contribution in [2.24, 2.45) is 7.05 Å². The molecule has 3 aromatic rings. The van der Waals surface area contributed by atoms with Crippen LogP contribution in [0.25, 0.3) is 22.0 Å². The first-order chi connectivity index (χ1) is 8.58. The van der Waals surface area contributed by atoms with Gasteiger partial charge in [0.1, 0.15) is 5.52 Å². The van der Waals surface area contributed by atoms with Crippen molar-refractivity contribution in [2.45, 2.75) is 19.8 Å². The van der Waals surface area contributed by atoms with Crippen LogP contribution in [-0.2, 0) is 7.05 Å². The maximum Gasteiger partial charge on any atom is 0.439 e. The second-order valence-electron chi connectivity index (χ2n) is 4.69. The molecule has 0 fully saturated rings. The topological polar surface area (TPSA) is 60.9 Å². The standard InChI is InChI=1S/C13H13N3O2/c1-7(2)10-8-4-5-9-11(16(3)6-14-9)12(8)18-13(17)15-10/h4-7H,1-3H3. The van der Waals surface area contributed by atoms with Gasteiger partial charge in [0.05, 0.1) is 17.5 Å². The van der Waals surface area contributed by atoms with Crippen LogP contribution in [0.3, 0.4) is 0 Å². The Hall–Kier alpha value is -2.17. The molecule has 3 rings (SSSR count). The average molecular weight is 243 g/mol. The van der Waals surface area contributed by atoms with Crippen molar-refractivity contribution < 1.29 is 4.42 Å². The molecule has 0 N–H and O–H groups in total. The molecule has 0 bridgehead atoms. The van der Waals surface area contributed by atoms with E-state index in [0.717, 1.165) is 22.1 Å². The monoisotopic (exact) mass is 243 g/mol. The zero-order valence-electron chi connectivity index (χ0n) is 10.5. The van der Waals surface area contributed by atoms with Gasteiger partial charge in [-0.2, -0.15) is 4.98 Å². The van der Waals surface area contributed by atoms with Crippen molar-refractivity contribution in [3.8, 4) is 0 Å². The number of rotatable bonds is 1. The van der Waals surface area contributed by atoms with Gasteiger partial charge in [0.25, 0.3) is 0 Å². The number of hydrogen-bond acceptors (Lipinski definition) is 4. The van der Waals surface area contributed by atoms with Crippen LogP contribution in [0, 0.1) is 0 Å². The molecule has 0 radical (unpaired) electrons. The molecule has 0 aliphatic carbocycles. The van der Waals surface area contributed by atoms with Gasteiger partial charge in [-0.3, -0.25) is 0 Å². The highest BCUT2D eigenvalue weighted by molar-refractivity contribution is 6.01. The van der Waals surface area contributed by atoms with Crippen LogP contribution in [0.15, 0.2) is 27.7 Å². The second kappa shape index (κ2) is 3.66. The van der Waals surface area contributed by atoms with Gasteiger partial charge in [0.15, 0.2) is 5.58 Å². The van der Waals surface area contributed by atoms with E-state index in [1.807, 2.05) is 37.6 Å². The summed E-state index contributed by atoms with van der Waals surface area (Å²) in [6.45, 7) is 4.02. The summed E-state index contributed by atoms with van der Waals surface area (Å²) in [7, 11) is 1.88.